The van der Waals surface area contributed by atoms with Gasteiger partial charge in [-0.1, -0.05) is 12.1 Å². The zero-order chi connectivity index (χ0) is 31.4. The number of carbonyl (C=O) groups is 3. The van der Waals surface area contributed by atoms with E-state index < -0.39 is 29.3 Å². The molecule has 2 aromatic carbocycles. The van der Waals surface area contributed by atoms with Crippen molar-refractivity contribution in [2.75, 3.05) is 26.7 Å². The van der Waals surface area contributed by atoms with Crippen molar-refractivity contribution in [1.29, 1.82) is 0 Å². The quantitative estimate of drug-likeness (QED) is 0.444. The van der Waals surface area contributed by atoms with Crippen molar-refractivity contribution in [3.63, 3.8) is 0 Å². The van der Waals surface area contributed by atoms with Gasteiger partial charge in [0.05, 0.1) is 25.9 Å². The number of methoxy groups -OCH3 is 1. The summed E-state index contributed by atoms with van der Waals surface area (Å²) in [5, 5.41) is 5.82. The Labute approximate surface area is 253 Å². The molecule has 2 N–H and O–H groups in total. The maximum Gasteiger partial charge on any atom is 0.331 e. The number of piperidine rings is 1. The molecule has 232 valence electrons. The number of ether oxygens (including phenoxy) is 3. The molecule has 3 heterocycles. The molecule has 1 fully saturated rings. The number of rotatable bonds is 2. The molecule has 5 rings (SSSR count). The second kappa shape index (κ2) is 13.2. The first-order valence-electron chi connectivity index (χ1n) is 14.3. The van der Waals surface area contributed by atoms with E-state index in [1.54, 1.807) is 24.3 Å². The van der Waals surface area contributed by atoms with E-state index in [0.29, 0.717) is 42.2 Å². The van der Waals surface area contributed by atoms with Crippen LogP contribution in [0.4, 0.5) is 0 Å². The van der Waals surface area contributed by atoms with Crippen LogP contribution in [0.25, 0.3) is 0 Å². The molecule has 2 aliphatic heterocycles. The summed E-state index contributed by atoms with van der Waals surface area (Å²) in [6.07, 6.45) is 0.509. The van der Waals surface area contributed by atoms with E-state index in [0.717, 1.165) is 20.8 Å². The van der Waals surface area contributed by atoms with Crippen LogP contribution in [0.2, 0.25) is 0 Å². The molecule has 2 atom stereocenters. The number of hydrogen-bond acceptors (Lipinski definition) is 8. The number of benzene rings is 2. The molecule has 1 aromatic heterocycles. The van der Waals surface area contributed by atoms with Crippen LogP contribution in [0.3, 0.4) is 0 Å². The van der Waals surface area contributed by atoms with Gasteiger partial charge < -0.3 is 29.7 Å². The summed E-state index contributed by atoms with van der Waals surface area (Å²) < 4.78 is 19.8. The van der Waals surface area contributed by atoms with Crippen molar-refractivity contribution in [3.05, 3.63) is 86.2 Å². The van der Waals surface area contributed by atoms with Crippen molar-refractivity contribution in [2.45, 2.75) is 38.0 Å². The Bertz CT molecular complexity index is 1700. The van der Waals surface area contributed by atoms with Crippen LogP contribution in [-0.4, -0.2) is 70.6 Å². The predicted molar refractivity (Wildman–Crippen MR) is 159 cm³/mol. The zero-order valence-electron chi connectivity index (χ0n) is 24.8. The Morgan fingerprint density at radius 1 is 1.00 bits per heavy atom. The topological polar surface area (TPSA) is 150 Å². The second-order valence-corrected chi connectivity index (χ2v) is 10.8. The highest BCUT2D eigenvalue weighted by Gasteiger charge is 2.34. The molecule has 0 radical (unpaired) electrons. The molecule has 44 heavy (non-hydrogen) atoms. The van der Waals surface area contributed by atoms with Gasteiger partial charge in [0, 0.05) is 57.8 Å². The number of carbonyl (C=O) groups excluding carboxylic acids is 3. The van der Waals surface area contributed by atoms with Crippen LogP contribution in [0.5, 0.6) is 17.2 Å². The molecule has 3 aromatic rings. The van der Waals surface area contributed by atoms with E-state index in [4.69, 9.17) is 14.2 Å². The van der Waals surface area contributed by atoms with E-state index in [9.17, 15) is 24.0 Å². The van der Waals surface area contributed by atoms with Crippen molar-refractivity contribution in [2.24, 2.45) is 14.1 Å². The summed E-state index contributed by atoms with van der Waals surface area (Å²) in [5.74, 6) is 0.364. The smallest absolute Gasteiger partial charge is 0.331 e. The van der Waals surface area contributed by atoms with Crippen molar-refractivity contribution < 1.29 is 28.6 Å². The lowest BCUT2D eigenvalue weighted by molar-refractivity contribution is -0.124. The fourth-order valence-electron chi connectivity index (χ4n) is 5.30. The Kier molecular flexibility index (Phi) is 9.14. The van der Waals surface area contributed by atoms with Crippen molar-refractivity contribution >= 4 is 17.7 Å². The van der Waals surface area contributed by atoms with Crippen LogP contribution in [-0.2, 0) is 30.2 Å². The summed E-state index contributed by atoms with van der Waals surface area (Å²) >= 11 is 0. The van der Waals surface area contributed by atoms with Crippen LogP contribution in [0, 0.1) is 0 Å². The zero-order valence-corrected chi connectivity index (χ0v) is 24.8. The third kappa shape index (κ3) is 6.83. The van der Waals surface area contributed by atoms with Gasteiger partial charge in [-0.25, -0.2) is 4.79 Å². The average molecular weight is 606 g/mol. The van der Waals surface area contributed by atoms with Crippen LogP contribution < -0.4 is 31.4 Å². The van der Waals surface area contributed by atoms with Gasteiger partial charge in [-0.3, -0.25) is 28.3 Å². The molecule has 0 spiro atoms. The van der Waals surface area contributed by atoms with E-state index in [1.165, 1.54) is 26.1 Å². The lowest BCUT2D eigenvalue weighted by Gasteiger charge is -2.39. The van der Waals surface area contributed by atoms with E-state index in [1.807, 2.05) is 18.2 Å². The fraction of sp³-hybridized carbons (Fsp3) is 0.387. The van der Waals surface area contributed by atoms with Crippen molar-refractivity contribution in [3.8, 4) is 17.2 Å². The van der Waals surface area contributed by atoms with Crippen LogP contribution in [0.1, 0.15) is 45.7 Å². The molecule has 0 unspecified atom stereocenters. The minimum atomic E-state index is -0.603. The van der Waals surface area contributed by atoms with Crippen LogP contribution >= 0.6 is 0 Å². The highest BCUT2D eigenvalue weighted by molar-refractivity contribution is 5.95. The standard InChI is InChI=1S/C31H35N5O8/c1-34-25(16-28(38)35(2)31(34)41)30(40)36-11-9-26-24(17-36)33-27(37)8-5-10-32-29(39)20-13-22(42-3)15-23(14-20)44-21-7-4-6-19(12-21)18-43-26/h4,6-7,12-16,24,26H,5,8-11,17-18H2,1-3H3,(H,32,39)(H,33,37)/t24-,26-/m0/s1. The highest BCUT2D eigenvalue weighted by atomic mass is 16.5. The molecular formula is C31H35N5O8. The minimum Gasteiger partial charge on any atom is -0.497 e. The van der Waals surface area contributed by atoms with Gasteiger partial charge in [0.1, 0.15) is 22.9 Å². The van der Waals surface area contributed by atoms with Gasteiger partial charge in [0.2, 0.25) is 5.91 Å². The fourth-order valence-corrected chi connectivity index (χ4v) is 5.30. The Morgan fingerprint density at radius 3 is 2.61 bits per heavy atom. The first kappa shape index (κ1) is 30.5. The van der Waals surface area contributed by atoms with Crippen LogP contribution in [0.15, 0.2) is 58.1 Å². The summed E-state index contributed by atoms with van der Waals surface area (Å²) in [4.78, 5) is 65.5. The summed E-state index contributed by atoms with van der Waals surface area (Å²) in [7, 11) is 4.30. The van der Waals surface area contributed by atoms with E-state index >= 15 is 0 Å². The molecule has 0 aliphatic carbocycles. The first-order chi connectivity index (χ1) is 21.1. The third-order valence-electron chi connectivity index (χ3n) is 7.77. The normalized spacial score (nSPS) is 19.4. The maximum absolute atomic E-state index is 13.4. The number of fused-ring (bicyclic) bond motifs is 5. The number of hydrogen-bond donors (Lipinski definition) is 2. The number of nitrogens with one attached hydrogen (secondary N) is 2. The largest absolute Gasteiger partial charge is 0.497 e. The second-order valence-electron chi connectivity index (χ2n) is 10.8. The summed E-state index contributed by atoms with van der Waals surface area (Å²) in [5.41, 5.74) is -0.0349. The van der Waals surface area contributed by atoms with Gasteiger partial charge in [0.25, 0.3) is 17.4 Å². The first-order valence-corrected chi connectivity index (χ1v) is 14.3. The molecule has 2 aliphatic rings. The highest BCUT2D eigenvalue weighted by Crippen LogP contribution is 2.29. The SMILES string of the molecule is COc1cc2cc(c1)C(=O)NCCCC(=O)N[C@H]1CN(C(=O)c3cc(=O)n(C)c(=O)n3C)CC[C@@H]1OCc1cccc(c1)O2. The van der Waals surface area contributed by atoms with Crippen molar-refractivity contribution in [1.82, 2.24) is 24.7 Å². The third-order valence-corrected chi connectivity index (χ3v) is 7.77. The van der Waals surface area contributed by atoms with Gasteiger partial charge >= 0.3 is 5.69 Å². The molecule has 4 bridgehead atoms. The molecular weight excluding hydrogens is 570 g/mol. The minimum absolute atomic E-state index is 0.0287. The Balaban J connectivity index is 1.38. The lowest BCUT2D eigenvalue weighted by Crippen LogP contribution is -2.57. The summed E-state index contributed by atoms with van der Waals surface area (Å²) in [6, 6.07) is 12.8. The van der Waals surface area contributed by atoms with Gasteiger partial charge in [0.15, 0.2) is 0 Å². The average Bonchev–Trinajstić information content (AvgIpc) is 3.02. The number of amides is 3. The molecule has 13 nitrogen and oxygen atoms in total. The lowest BCUT2D eigenvalue weighted by atomic mass is 10.0. The maximum atomic E-state index is 13.4. The number of nitrogens with zero attached hydrogens (tertiary/aromatic N) is 3. The predicted octanol–water partition coefficient (Wildman–Crippen LogP) is 1.32. The van der Waals surface area contributed by atoms with Gasteiger partial charge in [-0.15, -0.1) is 0 Å². The molecule has 13 heteroatoms. The van der Waals surface area contributed by atoms with E-state index in [-0.39, 0.29) is 43.6 Å². The number of likely N-dealkylation sites (tertiary alicyclic amines) is 1. The van der Waals surface area contributed by atoms with E-state index in [2.05, 4.69) is 10.6 Å². The molecule has 1 saturated heterocycles. The summed E-state index contributed by atoms with van der Waals surface area (Å²) in [6.45, 7) is 0.896. The Hall–Kier alpha value is -4.91. The van der Waals surface area contributed by atoms with Gasteiger partial charge in [-0.05, 0) is 42.7 Å². The molecule has 3 amide bonds. The Morgan fingerprint density at radius 2 is 1.82 bits per heavy atom. The molecule has 0 saturated carbocycles. The number of aromatic nitrogens is 2. The monoisotopic (exact) mass is 605 g/mol. The van der Waals surface area contributed by atoms with Gasteiger partial charge in [-0.2, -0.15) is 0 Å².